The van der Waals surface area contributed by atoms with Gasteiger partial charge in [0.25, 0.3) is 0 Å². The highest BCUT2D eigenvalue weighted by atomic mass is 32.2. The first-order chi connectivity index (χ1) is 23.6. The van der Waals surface area contributed by atoms with Crippen LogP contribution in [-0.2, 0) is 15.3 Å². The van der Waals surface area contributed by atoms with E-state index in [9.17, 15) is 8.42 Å². The maximum atomic E-state index is 13.8. The molecule has 1 spiro atoms. The Morgan fingerprint density at radius 1 is 0.375 bits per heavy atom. The van der Waals surface area contributed by atoms with Crippen molar-refractivity contribution in [2.75, 3.05) is 0 Å². The standard InChI is InChI=1S/C45H28O2S/c46-48(47,30-15-2-1-3-16-30)31-17-12-14-29(28-31)42-34-20-4-5-21-35(34)43-36-22-8-11-26-40(36)45(41-27-13-23-37(42)44(41)43)38-24-9-6-18-32(38)33-19-7-10-25-39(33)45/h1-28H. The van der Waals surface area contributed by atoms with E-state index >= 15 is 0 Å². The van der Waals surface area contributed by atoms with Crippen LogP contribution in [0.1, 0.15) is 22.3 Å². The first-order valence-electron chi connectivity index (χ1n) is 16.3. The van der Waals surface area contributed by atoms with E-state index in [4.69, 9.17) is 0 Å². The first kappa shape index (κ1) is 27.4. The number of hydrogen-bond donors (Lipinski definition) is 0. The van der Waals surface area contributed by atoms with Crippen molar-refractivity contribution in [3.05, 3.63) is 192 Å². The highest BCUT2D eigenvalue weighted by molar-refractivity contribution is 7.91. The van der Waals surface area contributed by atoms with E-state index in [-0.39, 0.29) is 4.90 Å². The Labute approximate surface area is 279 Å². The summed E-state index contributed by atoms with van der Waals surface area (Å²) in [6.07, 6.45) is 0. The molecule has 0 saturated carbocycles. The molecule has 0 amide bonds. The topological polar surface area (TPSA) is 34.1 Å². The van der Waals surface area contributed by atoms with Crippen molar-refractivity contribution in [3.8, 4) is 33.4 Å². The number of sulfone groups is 1. The predicted octanol–water partition coefficient (Wildman–Crippen LogP) is 10.8. The molecule has 3 heteroatoms. The number of fused-ring (bicyclic) bond motifs is 11. The Morgan fingerprint density at radius 2 is 0.854 bits per heavy atom. The van der Waals surface area contributed by atoms with Crippen LogP contribution < -0.4 is 0 Å². The average Bonchev–Trinajstić information content (AvgIpc) is 3.44. The first-order valence-corrected chi connectivity index (χ1v) is 17.8. The zero-order valence-electron chi connectivity index (χ0n) is 25.9. The van der Waals surface area contributed by atoms with Crippen molar-refractivity contribution in [1.29, 1.82) is 0 Å². The van der Waals surface area contributed by atoms with E-state index < -0.39 is 15.3 Å². The van der Waals surface area contributed by atoms with Gasteiger partial charge in [-0.1, -0.05) is 146 Å². The van der Waals surface area contributed by atoms with Crippen LogP contribution in [0.3, 0.4) is 0 Å². The molecule has 0 heterocycles. The molecule has 0 N–H and O–H groups in total. The summed E-state index contributed by atoms with van der Waals surface area (Å²) in [5.74, 6) is 0. The third kappa shape index (κ3) is 3.44. The predicted molar refractivity (Wildman–Crippen MR) is 195 cm³/mol. The second-order valence-corrected chi connectivity index (χ2v) is 14.7. The summed E-state index contributed by atoms with van der Waals surface area (Å²) in [5.41, 5.74) is 11.6. The minimum absolute atomic E-state index is 0.288. The third-order valence-corrected chi connectivity index (χ3v) is 12.3. The number of rotatable bonds is 3. The SMILES string of the molecule is O=S(=O)(c1ccccc1)c1cccc(-c2c3ccccc3c3c4c(cccc24)C2(c4ccccc4-c4ccccc42)c2ccccc2-3)c1. The van der Waals surface area contributed by atoms with Gasteiger partial charge in [0.05, 0.1) is 15.2 Å². The maximum Gasteiger partial charge on any atom is 0.206 e. The molecule has 0 aromatic heterocycles. The second kappa shape index (κ2) is 9.87. The number of hydrogen-bond acceptors (Lipinski definition) is 2. The molecule has 0 aliphatic heterocycles. The largest absolute Gasteiger partial charge is 0.219 e. The molecule has 0 unspecified atom stereocenters. The molecule has 2 aliphatic rings. The molecular formula is C45H28O2S. The minimum Gasteiger partial charge on any atom is -0.219 e. The van der Waals surface area contributed by atoms with Gasteiger partial charge in [-0.05, 0) is 101 Å². The highest BCUT2D eigenvalue weighted by Gasteiger charge is 2.50. The zero-order valence-corrected chi connectivity index (χ0v) is 26.7. The molecule has 2 nitrogen and oxygen atoms in total. The summed E-state index contributed by atoms with van der Waals surface area (Å²) in [6.45, 7) is 0. The van der Waals surface area contributed by atoms with Crippen LogP contribution in [-0.4, -0.2) is 8.42 Å². The molecule has 8 aromatic rings. The van der Waals surface area contributed by atoms with Gasteiger partial charge in [-0.3, -0.25) is 0 Å². The van der Waals surface area contributed by atoms with Crippen LogP contribution in [0.5, 0.6) is 0 Å². The van der Waals surface area contributed by atoms with Crippen molar-refractivity contribution >= 4 is 31.4 Å². The van der Waals surface area contributed by atoms with Gasteiger partial charge in [-0.25, -0.2) is 8.42 Å². The van der Waals surface area contributed by atoms with Gasteiger partial charge < -0.3 is 0 Å². The lowest BCUT2D eigenvalue weighted by Crippen LogP contribution is -2.31. The van der Waals surface area contributed by atoms with Gasteiger partial charge in [0.15, 0.2) is 0 Å². The van der Waals surface area contributed by atoms with Crippen molar-refractivity contribution < 1.29 is 8.42 Å². The smallest absolute Gasteiger partial charge is 0.206 e. The van der Waals surface area contributed by atoms with Gasteiger partial charge >= 0.3 is 0 Å². The van der Waals surface area contributed by atoms with Gasteiger partial charge in [-0.2, -0.15) is 0 Å². The maximum absolute atomic E-state index is 13.8. The monoisotopic (exact) mass is 632 g/mol. The van der Waals surface area contributed by atoms with Crippen molar-refractivity contribution in [3.63, 3.8) is 0 Å². The van der Waals surface area contributed by atoms with Gasteiger partial charge in [0.2, 0.25) is 9.84 Å². The molecule has 0 saturated heterocycles. The van der Waals surface area contributed by atoms with Crippen LogP contribution in [0.2, 0.25) is 0 Å². The summed E-state index contributed by atoms with van der Waals surface area (Å²) in [4.78, 5) is 0.581. The average molecular weight is 633 g/mol. The molecule has 2 aliphatic carbocycles. The van der Waals surface area contributed by atoms with Crippen molar-refractivity contribution in [2.24, 2.45) is 0 Å². The Kier molecular flexibility index (Phi) is 5.62. The quantitative estimate of drug-likeness (QED) is 0.182. The second-order valence-electron chi connectivity index (χ2n) is 12.8. The Balaban J connectivity index is 1.37. The Hall–Kier alpha value is -5.77. The fourth-order valence-corrected chi connectivity index (χ4v) is 10.0. The van der Waals surface area contributed by atoms with Gasteiger partial charge in [0.1, 0.15) is 0 Å². The summed E-state index contributed by atoms with van der Waals surface area (Å²) < 4.78 is 27.7. The Bertz CT molecular complexity index is 2700. The molecule has 0 bridgehead atoms. The normalized spacial score (nSPS) is 13.8. The fraction of sp³-hybridized carbons (Fsp3) is 0.0222. The lowest BCUT2D eigenvalue weighted by Gasteiger charge is -2.40. The molecular weight excluding hydrogens is 605 g/mol. The minimum atomic E-state index is -3.71. The molecule has 0 radical (unpaired) electrons. The summed E-state index contributed by atoms with van der Waals surface area (Å²) in [7, 11) is -3.71. The van der Waals surface area contributed by atoms with Crippen LogP contribution in [0.15, 0.2) is 180 Å². The zero-order chi connectivity index (χ0) is 32.0. The van der Waals surface area contributed by atoms with E-state index in [0.717, 1.165) is 27.3 Å². The van der Waals surface area contributed by atoms with Gasteiger partial charge in [-0.15, -0.1) is 0 Å². The Morgan fingerprint density at radius 3 is 1.54 bits per heavy atom. The summed E-state index contributed by atoms with van der Waals surface area (Å²) in [5, 5.41) is 4.59. The van der Waals surface area contributed by atoms with Crippen LogP contribution >= 0.6 is 0 Å². The van der Waals surface area contributed by atoms with E-state index in [1.807, 2.05) is 24.3 Å². The van der Waals surface area contributed by atoms with Crippen molar-refractivity contribution in [1.82, 2.24) is 0 Å². The number of benzene rings is 8. The molecule has 0 atom stereocenters. The molecule has 48 heavy (non-hydrogen) atoms. The van der Waals surface area contributed by atoms with Crippen LogP contribution in [0, 0.1) is 0 Å². The summed E-state index contributed by atoms with van der Waals surface area (Å²) in [6, 6.07) is 58.1. The van der Waals surface area contributed by atoms with E-state index in [1.165, 1.54) is 49.9 Å². The van der Waals surface area contributed by atoms with Crippen LogP contribution in [0.4, 0.5) is 0 Å². The molecule has 8 aromatic carbocycles. The van der Waals surface area contributed by atoms with E-state index in [2.05, 4.69) is 115 Å². The summed E-state index contributed by atoms with van der Waals surface area (Å²) >= 11 is 0. The van der Waals surface area contributed by atoms with E-state index in [1.54, 1.807) is 30.3 Å². The third-order valence-electron chi connectivity index (χ3n) is 10.5. The lowest BCUT2D eigenvalue weighted by molar-refractivity contribution is 0.596. The van der Waals surface area contributed by atoms with E-state index in [0.29, 0.717) is 4.90 Å². The van der Waals surface area contributed by atoms with Crippen LogP contribution in [0.25, 0.3) is 54.9 Å². The van der Waals surface area contributed by atoms with Crippen molar-refractivity contribution in [2.45, 2.75) is 15.2 Å². The lowest BCUT2D eigenvalue weighted by atomic mass is 9.60. The molecule has 10 rings (SSSR count). The molecule has 0 fully saturated rings. The highest BCUT2D eigenvalue weighted by Crippen LogP contribution is 2.63. The molecule has 226 valence electrons. The van der Waals surface area contributed by atoms with Gasteiger partial charge in [0, 0.05) is 0 Å². The fourth-order valence-electron chi connectivity index (χ4n) is 8.68.